The zero-order valence-corrected chi connectivity index (χ0v) is 19.9. The van der Waals surface area contributed by atoms with Gasteiger partial charge >= 0.3 is 0 Å². The van der Waals surface area contributed by atoms with E-state index in [0.29, 0.717) is 21.8 Å². The fourth-order valence-electron chi connectivity index (χ4n) is 3.56. The highest BCUT2D eigenvalue weighted by atomic mass is 32.1. The maximum absolute atomic E-state index is 13.7. The molecule has 0 radical (unpaired) electrons. The monoisotopic (exact) mass is 491 g/mol. The van der Waals surface area contributed by atoms with Gasteiger partial charge in [0.2, 0.25) is 5.91 Å². The quantitative estimate of drug-likeness (QED) is 0.305. The summed E-state index contributed by atoms with van der Waals surface area (Å²) in [5, 5.41) is 18.6. The molecule has 176 valence electrons. The first-order valence-electron chi connectivity index (χ1n) is 10.7. The number of thiazole rings is 1. The maximum atomic E-state index is 13.7. The highest BCUT2D eigenvalue weighted by molar-refractivity contribution is 7.73. The summed E-state index contributed by atoms with van der Waals surface area (Å²) in [4.78, 5) is 15.5. The van der Waals surface area contributed by atoms with E-state index in [1.54, 1.807) is 5.38 Å². The third kappa shape index (κ3) is 8.12. The molecule has 2 aromatic carbocycles. The predicted octanol–water partition coefficient (Wildman–Crippen LogP) is 4.07. The van der Waals surface area contributed by atoms with Crippen molar-refractivity contribution in [2.45, 2.75) is 44.9 Å². The first kappa shape index (κ1) is 25.2. The number of amides is 1. The molecule has 0 fully saturated rings. The molecule has 5 nitrogen and oxygen atoms in total. The number of hydrogen-bond donors (Lipinski definition) is 4. The minimum atomic E-state index is -0.976. The summed E-state index contributed by atoms with van der Waals surface area (Å²) in [6, 6.07) is 10.6. The number of H-pyrrole nitrogens is 1. The number of carbonyl (C=O) groups excluding carboxylic acids is 1. The first-order chi connectivity index (χ1) is 15.8. The third-order valence-electron chi connectivity index (χ3n) is 5.19. The minimum absolute atomic E-state index is 0.0606. The van der Waals surface area contributed by atoms with Gasteiger partial charge in [0.25, 0.3) is 0 Å². The molecule has 1 amide bonds. The predicted molar refractivity (Wildman–Crippen MR) is 129 cm³/mol. The van der Waals surface area contributed by atoms with Crippen LogP contribution in [0.4, 0.5) is 8.78 Å². The number of aliphatic hydroxyl groups excluding tert-OH is 1. The van der Waals surface area contributed by atoms with Gasteiger partial charge in [0.05, 0.1) is 18.6 Å². The van der Waals surface area contributed by atoms with E-state index in [4.69, 9.17) is 12.2 Å². The van der Waals surface area contributed by atoms with Crippen LogP contribution in [0, 0.1) is 15.6 Å². The number of aromatic amines is 1. The van der Waals surface area contributed by atoms with Crippen molar-refractivity contribution < 1.29 is 18.7 Å². The van der Waals surface area contributed by atoms with Gasteiger partial charge in [-0.1, -0.05) is 31.2 Å². The summed E-state index contributed by atoms with van der Waals surface area (Å²) < 4.78 is 27.9. The maximum Gasteiger partial charge on any atom is 0.226 e. The standard InChI is InChI=1S/C24H27F2N3O2S2/c1-2-15-4-3-5-16(6-15)12-27-13-22(30)21(9-17-7-18(25)10-19(26)8-17)29-23(31)11-20-14-33-24(32)28-20/h3-8,10,14,21-22,27,30H,2,9,11-13H2,1H3,(H,28,32)(H,29,31). The molecular formula is C24H27F2N3O2S2. The number of aromatic nitrogens is 1. The van der Waals surface area contributed by atoms with Crippen molar-refractivity contribution >= 4 is 29.5 Å². The van der Waals surface area contributed by atoms with Crippen LogP contribution in [0.5, 0.6) is 0 Å². The van der Waals surface area contributed by atoms with Crippen molar-refractivity contribution in [3.8, 4) is 0 Å². The average molecular weight is 492 g/mol. The Bertz CT molecular complexity index is 1110. The third-order valence-corrected chi connectivity index (χ3v) is 6.30. The van der Waals surface area contributed by atoms with Crippen LogP contribution in [-0.4, -0.2) is 34.7 Å². The van der Waals surface area contributed by atoms with Gasteiger partial charge in [-0.25, -0.2) is 8.78 Å². The molecule has 0 spiro atoms. The first-order valence-corrected chi connectivity index (χ1v) is 12.0. The van der Waals surface area contributed by atoms with Gasteiger partial charge in [-0.05, 0) is 53.9 Å². The van der Waals surface area contributed by atoms with Gasteiger partial charge < -0.3 is 20.7 Å². The summed E-state index contributed by atoms with van der Waals surface area (Å²) in [7, 11) is 0. The molecule has 4 N–H and O–H groups in total. The molecular weight excluding hydrogens is 464 g/mol. The van der Waals surface area contributed by atoms with Gasteiger partial charge in [0.1, 0.15) is 11.6 Å². The lowest BCUT2D eigenvalue weighted by molar-refractivity contribution is -0.122. The molecule has 0 saturated heterocycles. The molecule has 1 aromatic heterocycles. The summed E-state index contributed by atoms with van der Waals surface area (Å²) in [6.45, 7) is 2.83. The van der Waals surface area contributed by atoms with Crippen LogP contribution in [0.3, 0.4) is 0 Å². The van der Waals surface area contributed by atoms with Crippen LogP contribution in [0.25, 0.3) is 0 Å². The largest absolute Gasteiger partial charge is 0.390 e. The lowest BCUT2D eigenvalue weighted by atomic mass is 10.00. The molecule has 33 heavy (non-hydrogen) atoms. The summed E-state index contributed by atoms with van der Waals surface area (Å²) >= 11 is 6.37. The zero-order valence-electron chi connectivity index (χ0n) is 18.2. The molecule has 0 aliphatic carbocycles. The number of nitrogens with one attached hydrogen (secondary N) is 3. The van der Waals surface area contributed by atoms with E-state index >= 15 is 0 Å². The number of halogens is 2. The van der Waals surface area contributed by atoms with Gasteiger partial charge in [-0.15, -0.1) is 11.3 Å². The summed E-state index contributed by atoms with van der Waals surface area (Å²) in [5.41, 5.74) is 3.33. The molecule has 2 atom stereocenters. The molecule has 0 aliphatic rings. The van der Waals surface area contributed by atoms with Crippen LogP contribution >= 0.6 is 23.6 Å². The van der Waals surface area contributed by atoms with Gasteiger partial charge in [-0.2, -0.15) is 0 Å². The number of rotatable bonds is 11. The Hall–Kier alpha value is -2.46. The fraction of sp³-hybridized carbons (Fsp3) is 0.333. The van der Waals surface area contributed by atoms with Gasteiger partial charge in [0.15, 0.2) is 3.95 Å². The second kappa shape index (κ2) is 12.1. The van der Waals surface area contributed by atoms with E-state index in [0.717, 1.165) is 18.1 Å². The van der Waals surface area contributed by atoms with Crippen LogP contribution in [-0.2, 0) is 30.6 Å². The number of hydrogen-bond acceptors (Lipinski definition) is 5. The molecule has 3 rings (SSSR count). The molecule has 3 aromatic rings. The highest BCUT2D eigenvalue weighted by Gasteiger charge is 2.22. The average Bonchev–Trinajstić information content (AvgIpc) is 3.17. The molecule has 0 bridgehead atoms. The molecule has 2 unspecified atom stereocenters. The Balaban J connectivity index is 1.66. The van der Waals surface area contributed by atoms with Crippen LogP contribution in [0.1, 0.15) is 29.3 Å². The number of benzene rings is 2. The Morgan fingerprint density at radius 1 is 1.15 bits per heavy atom. The Morgan fingerprint density at radius 2 is 1.88 bits per heavy atom. The van der Waals surface area contributed by atoms with E-state index in [2.05, 4.69) is 34.7 Å². The summed E-state index contributed by atoms with van der Waals surface area (Å²) in [6.07, 6.45) is 0.0958. The fourth-order valence-corrected chi connectivity index (χ4v) is 4.42. The van der Waals surface area contributed by atoms with E-state index < -0.39 is 23.8 Å². The van der Waals surface area contributed by atoms with Crippen molar-refractivity contribution in [2.24, 2.45) is 0 Å². The Kier molecular flexibility index (Phi) is 9.25. The van der Waals surface area contributed by atoms with Crippen LogP contribution in [0.2, 0.25) is 0 Å². The minimum Gasteiger partial charge on any atom is -0.390 e. The molecule has 9 heteroatoms. The molecule has 0 aliphatic heterocycles. The smallest absolute Gasteiger partial charge is 0.226 e. The number of aliphatic hydroxyl groups is 1. The van der Waals surface area contributed by atoms with Gasteiger partial charge in [-0.3, -0.25) is 4.79 Å². The number of aryl methyl sites for hydroxylation is 1. The van der Waals surface area contributed by atoms with Crippen molar-refractivity contribution in [1.29, 1.82) is 0 Å². The van der Waals surface area contributed by atoms with E-state index in [9.17, 15) is 18.7 Å². The summed E-state index contributed by atoms with van der Waals surface area (Å²) in [5.74, 6) is -1.73. The van der Waals surface area contributed by atoms with E-state index in [1.165, 1.54) is 29.0 Å². The second-order valence-corrected chi connectivity index (χ2v) is 9.42. The Labute approximate surface area is 200 Å². The zero-order chi connectivity index (χ0) is 23.8. The lowest BCUT2D eigenvalue weighted by Gasteiger charge is -2.25. The van der Waals surface area contributed by atoms with E-state index in [1.807, 2.05) is 12.1 Å². The van der Waals surface area contributed by atoms with E-state index in [-0.39, 0.29) is 25.3 Å². The van der Waals surface area contributed by atoms with Gasteiger partial charge in [0, 0.05) is 30.2 Å². The van der Waals surface area contributed by atoms with Crippen molar-refractivity contribution in [3.63, 3.8) is 0 Å². The van der Waals surface area contributed by atoms with Crippen molar-refractivity contribution in [2.75, 3.05) is 6.54 Å². The normalized spacial score (nSPS) is 13.0. The van der Waals surface area contributed by atoms with Crippen LogP contribution < -0.4 is 10.6 Å². The second-order valence-electron chi connectivity index (χ2n) is 7.88. The SMILES string of the molecule is CCc1cccc(CNCC(O)C(Cc2cc(F)cc(F)c2)NC(=O)Cc2csc(=S)[nH]2)c1. The molecule has 1 heterocycles. The Morgan fingerprint density at radius 3 is 2.55 bits per heavy atom. The topological polar surface area (TPSA) is 77.2 Å². The highest BCUT2D eigenvalue weighted by Crippen LogP contribution is 2.13. The molecule has 0 saturated carbocycles. The van der Waals surface area contributed by atoms with Crippen LogP contribution in [0.15, 0.2) is 47.8 Å². The van der Waals surface area contributed by atoms with Crippen molar-refractivity contribution in [3.05, 3.63) is 85.8 Å². The number of carbonyl (C=O) groups is 1. The van der Waals surface area contributed by atoms with Crippen molar-refractivity contribution in [1.82, 2.24) is 15.6 Å². The lowest BCUT2D eigenvalue weighted by Crippen LogP contribution is -2.49.